The van der Waals surface area contributed by atoms with Crippen LogP contribution < -0.4 is 21.2 Å². The average Bonchev–Trinajstić information content (AvgIpc) is 3.89. The van der Waals surface area contributed by atoms with E-state index in [4.69, 9.17) is 4.98 Å². The van der Waals surface area contributed by atoms with E-state index < -0.39 is 30.0 Å². The molecule has 1 atom stereocenters. The molecule has 0 saturated carbocycles. The number of nitrogens with one attached hydrogen (secondary N) is 2. The van der Waals surface area contributed by atoms with E-state index in [2.05, 4.69) is 30.7 Å². The number of aromatic nitrogens is 8. The van der Waals surface area contributed by atoms with Crippen molar-refractivity contribution in [1.82, 2.24) is 43.8 Å². The van der Waals surface area contributed by atoms with Gasteiger partial charge in [-0.1, -0.05) is 18.2 Å². The zero-order valence-electron chi connectivity index (χ0n) is 29.2. The first kappa shape index (κ1) is 33.8. The van der Waals surface area contributed by atoms with Gasteiger partial charge in [0.25, 0.3) is 12.3 Å². The number of nitrogens with zero attached hydrogens (tertiary/aromatic N) is 9. The molecule has 0 spiro atoms. The van der Waals surface area contributed by atoms with Gasteiger partial charge in [0.15, 0.2) is 11.3 Å². The summed E-state index contributed by atoms with van der Waals surface area (Å²) in [7, 11) is 1.67. The van der Waals surface area contributed by atoms with Gasteiger partial charge in [-0.3, -0.25) is 28.8 Å². The SMILES string of the molecule is Cn1c(=O)n(C2CCC(=O)NC2=O)c2cccc(-c3ccc(N4CCc5cc(-n6cc(NC(=O)c7cnn8cccnc78)c(C(F)F)n6)ccc5C4)nc3)c21. The van der Waals surface area contributed by atoms with Crippen LogP contribution >= 0.6 is 0 Å². The fourth-order valence-electron chi connectivity index (χ4n) is 7.47. The van der Waals surface area contributed by atoms with Crippen LogP contribution in [0.4, 0.5) is 20.3 Å². The zero-order chi connectivity index (χ0) is 38.0. The van der Waals surface area contributed by atoms with Crippen molar-refractivity contribution in [3.05, 3.63) is 118 Å². The Balaban J connectivity index is 0.935. The number of aryl methyl sites for hydroxylation is 1. The Morgan fingerprint density at radius 1 is 1.00 bits per heavy atom. The van der Waals surface area contributed by atoms with E-state index in [0.717, 1.165) is 28.1 Å². The first-order valence-corrected chi connectivity index (χ1v) is 17.5. The highest BCUT2D eigenvalue weighted by Crippen LogP contribution is 2.33. The smallest absolute Gasteiger partial charge is 0.329 e. The van der Waals surface area contributed by atoms with Crippen LogP contribution in [-0.4, -0.2) is 62.8 Å². The number of imidazole rings is 1. The molecule has 2 aromatic carbocycles. The van der Waals surface area contributed by atoms with Gasteiger partial charge in [-0.25, -0.2) is 32.7 Å². The molecular weight excluding hydrogens is 712 g/mol. The van der Waals surface area contributed by atoms with Crippen molar-refractivity contribution >= 4 is 45.9 Å². The summed E-state index contributed by atoms with van der Waals surface area (Å²) in [6, 6.07) is 15.9. The number of benzene rings is 2. The molecule has 1 saturated heterocycles. The molecule has 2 N–H and O–H groups in total. The van der Waals surface area contributed by atoms with Crippen molar-refractivity contribution in [1.29, 1.82) is 0 Å². The molecule has 7 aromatic rings. The molecule has 1 unspecified atom stereocenters. The lowest BCUT2D eigenvalue weighted by Gasteiger charge is -2.30. The maximum absolute atomic E-state index is 14.1. The van der Waals surface area contributed by atoms with Gasteiger partial charge < -0.3 is 10.2 Å². The van der Waals surface area contributed by atoms with Crippen LogP contribution in [0.2, 0.25) is 0 Å². The molecule has 276 valence electrons. The predicted molar refractivity (Wildman–Crippen MR) is 196 cm³/mol. The van der Waals surface area contributed by atoms with Crippen LogP contribution in [0.1, 0.15) is 52.5 Å². The lowest BCUT2D eigenvalue weighted by atomic mass is 9.99. The minimum Gasteiger partial charge on any atom is -0.352 e. The van der Waals surface area contributed by atoms with Crippen molar-refractivity contribution in [2.24, 2.45) is 7.05 Å². The highest BCUT2D eigenvalue weighted by atomic mass is 19.3. The lowest BCUT2D eigenvalue weighted by molar-refractivity contribution is -0.135. The maximum Gasteiger partial charge on any atom is 0.329 e. The number of halogens is 2. The van der Waals surface area contributed by atoms with E-state index in [1.807, 2.05) is 36.4 Å². The van der Waals surface area contributed by atoms with E-state index in [1.54, 1.807) is 37.6 Å². The molecule has 55 heavy (non-hydrogen) atoms. The second kappa shape index (κ2) is 13.1. The summed E-state index contributed by atoms with van der Waals surface area (Å²) in [5.41, 5.74) is 4.91. The number of carbonyl (C=O) groups excluding carboxylic acids is 3. The molecule has 7 heterocycles. The monoisotopic (exact) mass is 743 g/mol. The summed E-state index contributed by atoms with van der Waals surface area (Å²) in [5.74, 6) is -0.705. The van der Waals surface area contributed by atoms with Crippen LogP contribution in [0.3, 0.4) is 0 Å². The van der Waals surface area contributed by atoms with E-state index >= 15 is 0 Å². The van der Waals surface area contributed by atoms with E-state index in [9.17, 15) is 28.0 Å². The Hall–Kier alpha value is -7.04. The number of carbonyl (C=O) groups is 3. The number of anilines is 2. The standard InChI is InChI=1S/C38H31F2N11O4/c1-47-33-25(4-2-5-28(33)51(38(47)55)29-9-11-31(52)45-37(29)54)22-7-10-30(42-17-22)48-15-12-21-16-24(8-6-23(21)19-48)50-20-27(32(46-50)34(39)40)44-36(53)26-18-43-49-14-3-13-41-35(26)49/h2-8,10,13-14,16-18,20,29,34H,9,11-12,15,19H2,1H3,(H,44,53)(H,45,52,54). The maximum atomic E-state index is 14.1. The quantitative estimate of drug-likeness (QED) is 0.226. The van der Waals surface area contributed by atoms with Gasteiger partial charge in [0.2, 0.25) is 11.8 Å². The summed E-state index contributed by atoms with van der Waals surface area (Å²) in [5, 5.41) is 13.1. The highest BCUT2D eigenvalue weighted by molar-refractivity contribution is 6.08. The molecule has 0 radical (unpaired) electrons. The minimum atomic E-state index is -2.93. The second-order valence-corrected chi connectivity index (χ2v) is 13.5. The van der Waals surface area contributed by atoms with Gasteiger partial charge in [0.05, 0.1) is 34.8 Å². The Labute approximate surface area is 309 Å². The molecule has 3 amide bonds. The summed E-state index contributed by atoms with van der Waals surface area (Å²) in [4.78, 5) is 62.0. The molecular formula is C38H31F2N11O4. The normalized spacial score (nSPS) is 15.9. The van der Waals surface area contributed by atoms with Crippen LogP contribution in [0.15, 0.2) is 90.4 Å². The molecule has 2 aliphatic rings. The van der Waals surface area contributed by atoms with Crippen molar-refractivity contribution in [2.75, 3.05) is 16.8 Å². The fourth-order valence-corrected chi connectivity index (χ4v) is 7.47. The van der Waals surface area contributed by atoms with E-state index in [-0.39, 0.29) is 35.7 Å². The minimum absolute atomic E-state index is 0.112. The number of hydrogen-bond acceptors (Lipinski definition) is 9. The first-order valence-electron chi connectivity index (χ1n) is 17.5. The number of fused-ring (bicyclic) bond motifs is 3. The molecule has 1 fully saturated rings. The van der Waals surface area contributed by atoms with Crippen molar-refractivity contribution in [3.63, 3.8) is 0 Å². The Kier molecular flexibility index (Phi) is 8.06. The molecule has 0 aliphatic carbocycles. The van der Waals surface area contributed by atoms with Gasteiger partial charge in [0.1, 0.15) is 17.4 Å². The highest BCUT2D eigenvalue weighted by Gasteiger charge is 2.32. The second-order valence-electron chi connectivity index (χ2n) is 13.5. The molecule has 17 heteroatoms. The largest absolute Gasteiger partial charge is 0.352 e. The Morgan fingerprint density at radius 3 is 2.67 bits per heavy atom. The van der Waals surface area contributed by atoms with Crippen molar-refractivity contribution in [3.8, 4) is 16.8 Å². The number of rotatable bonds is 7. The van der Waals surface area contributed by atoms with Crippen LogP contribution in [-0.2, 0) is 29.6 Å². The zero-order valence-corrected chi connectivity index (χ0v) is 29.2. The van der Waals surface area contributed by atoms with Crippen LogP contribution in [0, 0.1) is 0 Å². The van der Waals surface area contributed by atoms with E-state index in [1.165, 1.54) is 36.9 Å². The molecule has 5 aromatic heterocycles. The third kappa shape index (κ3) is 5.80. The predicted octanol–water partition coefficient (Wildman–Crippen LogP) is 4.36. The van der Waals surface area contributed by atoms with Crippen LogP contribution in [0.5, 0.6) is 0 Å². The Morgan fingerprint density at radius 2 is 1.87 bits per heavy atom. The lowest BCUT2D eigenvalue weighted by Crippen LogP contribution is -2.44. The van der Waals surface area contributed by atoms with Crippen LogP contribution in [0.25, 0.3) is 33.5 Å². The molecule has 9 rings (SSSR count). The Bertz CT molecular complexity index is 2750. The summed E-state index contributed by atoms with van der Waals surface area (Å²) in [6.45, 7) is 1.22. The van der Waals surface area contributed by atoms with Gasteiger partial charge in [0, 0.05) is 56.3 Å². The summed E-state index contributed by atoms with van der Waals surface area (Å²) in [6.07, 6.45) is 5.76. The van der Waals surface area contributed by atoms with Gasteiger partial charge in [-0.2, -0.15) is 10.2 Å². The van der Waals surface area contributed by atoms with Crippen molar-refractivity contribution < 1.29 is 23.2 Å². The number of hydrogen-bond donors (Lipinski definition) is 2. The van der Waals surface area contributed by atoms with E-state index in [0.29, 0.717) is 41.9 Å². The first-order chi connectivity index (χ1) is 26.6. The number of para-hydroxylation sites is 1. The van der Waals surface area contributed by atoms with Gasteiger partial charge in [-0.15, -0.1) is 0 Å². The molecule has 15 nitrogen and oxygen atoms in total. The number of imide groups is 1. The molecule has 2 aliphatic heterocycles. The third-order valence-corrected chi connectivity index (χ3v) is 10.2. The summed E-state index contributed by atoms with van der Waals surface area (Å²) < 4.78 is 33.9. The number of amides is 3. The average molecular weight is 744 g/mol. The number of pyridine rings is 1. The number of piperidine rings is 1. The third-order valence-electron chi connectivity index (χ3n) is 10.2. The molecule has 0 bridgehead atoms. The topological polar surface area (TPSA) is 166 Å². The fraction of sp³-hybridized carbons (Fsp3) is 0.211. The van der Waals surface area contributed by atoms with Crippen molar-refractivity contribution in [2.45, 2.75) is 38.3 Å². The van der Waals surface area contributed by atoms with Gasteiger partial charge >= 0.3 is 5.69 Å². The van der Waals surface area contributed by atoms with Gasteiger partial charge in [-0.05, 0) is 60.4 Å². The number of alkyl halides is 2. The summed E-state index contributed by atoms with van der Waals surface area (Å²) >= 11 is 0.